The summed E-state index contributed by atoms with van der Waals surface area (Å²) in [5.74, 6) is -3.14. The number of fused-ring (bicyclic) bond motifs is 1. The van der Waals surface area contributed by atoms with Crippen LogP contribution in [0.4, 0.5) is 14.5 Å². The highest BCUT2D eigenvalue weighted by molar-refractivity contribution is 6.52. The molecular formula is C16H11F2NO2. The van der Waals surface area contributed by atoms with E-state index in [1.807, 2.05) is 0 Å². The van der Waals surface area contributed by atoms with Crippen LogP contribution in [0.5, 0.6) is 0 Å². The summed E-state index contributed by atoms with van der Waals surface area (Å²) >= 11 is 0. The Hall–Kier alpha value is -2.56. The second kappa shape index (κ2) is 4.77. The van der Waals surface area contributed by atoms with Crippen LogP contribution in [0.3, 0.4) is 0 Å². The standard InChI is InChI=1S/C16H11F2NO2/c1-9-3-2-4-11-14(9)19(16(21)15(11)20)8-10-5-6-12(17)13(18)7-10/h2-7H,8H2,1H3. The molecule has 1 aliphatic heterocycles. The van der Waals surface area contributed by atoms with Crippen molar-refractivity contribution in [3.8, 4) is 0 Å². The summed E-state index contributed by atoms with van der Waals surface area (Å²) < 4.78 is 26.2. The summed E-state index contributed by atoms with van der Waals surface area (Å²) in [6.45, 7) is 1.82. The predicted octanol–water partition coefficient (Wildman–Crippen LogP) is 3.00. The molecule has 3 rings (SSSR count). The van der Waals surface area contributed by atoms with Crippen LogP contribution < -0.4 is 4.90 Å². The molecule has 0 atom stereocenters. The largest absolute Gasteiger partial charge is 0.300 e. The van der Waals surface area contributed by atoms with Gasteiger partial charge in [-0.3, -0.25) is 9.59 Å². The van der Waals surface area contributed by atoms with Crippen molar-refractivity contribution >= 4 is 17.4 Å². The highest BCUT2D eigenvalue weighted by Gasteiger charge is 2.36. The zero-order chi connectivity index (χ0) is 15.1. The van der Waals surface area contributed by atoms with Crippen LogP contribution >= 0.6 is 0 Å². The molecule has 5 heteroatoms. The summed E-state index contributed by atoms with van der Waals surface area (Å²) in [4.78, 5) is 25.3. The van der Waals surface area contributed by atoms with Gasteiger partial charge < -0.3 is 4.90 Å². The Labute approximate surface area is 119 Å². The first-order valence-electron chi connectivity index (χ1n) is 6.39. The first-order chi connectivity index (χ1) is 9.99. The Morgan fingerprint density at radius 3 is 2.52 bits per heavy atom. The molecule has 0 fully saturated rings. The number of ketones is 1. The van der Waals surface area contributed by atoms with Gasteiger partial charge in [-0.1, -0.05) is 18.2 Å². The number of para-hydroxylation sites is 1. The van der Waals surface area contributed by atoms with Crippen LogP contribution in [0.2, 0.25) is 0 Å². The number of carbonyl (C=O) groups is 2. The number of Topliss-reactive ketones (excluding diaryl/α,β-unsaturated/α-hetero) is 1. The highest BCUT2D eigenvalue weighted by atomic mass is 19.2. The zero-order valence-electron chi connectivity index (χ0n) is 11.2. The van der Waals surface area contributed by atoms with Crippen LogP contribution in [0.15, 0.2) is 36.4 Å². The van der Waals surface area contributed by atoms with Crippen LogP contribution in [0.1, 0.15) is 21.5 Å². The molecular weight excluding hydrogens is 276 g/mol. The molecule has 0 aromatic heterocycles. The maximum absolute atomic E-state index is 13.3. The fraction of sp³-hybridized carbons (Fsp3) is 0.125. The van der Waals surface area contributed by atoms with Gasteiger partial charge >= 0.3 is 0 Å². The Balaban J connectivity index is 2.02. The minimum atomic E-state index is -0.976. The van der Waals surface area contributed by atoms with Gasteiger partial charge in [-0.25, -0.2) is 8.78 Å². The van der Waals surface area contributed by atoms with Crippen molar-refractivity contribution in [2.24, 2.45) is 0 Å². The molecule has 1 heterocycles. The zero-order valence-corrected chi connectivity index (χ0v) is 11.2. The van der Waals surface area contributed by atoms with E-state index in [1.165, 1.54) is 11.0 Å². The van der Waals surface area contributed by atoms with E-state index in [-0.39, 0.29) is 6.54 Å². The smallest absolute Gasteiger partial charge is 0.299 e. The van der Waals surface area contributed by atoms with Gasteiger partial charge in [-0.05, 0) is 36.2 Å². The molecule has 0 unspecified atom stereocenters. The maximum Gasteiger partial charge on any atom is 0.299 e. The van der Waals surface area contributed by atoms with Gasteiger partial charge in [0.25, 0.3) is 11.7 Å². The first kappa shape index (κ1) is 13.4. The van der Waals surface area contributed by atoms with Gasteiger partial charge in [0.2, 0.25) is 0 Å². The topological polar surface area (TPSA) is 37.4 Å². The van der Waals surface area contributed by atoms with Crippen molar-refractivity contribution in [3.63, 3.8) is 0 Å². The van der Waals surface area contributed by atoms with Crippen molar-refractivity contribution < 1.29 is 18.4 Å². The highest BCUT2D eigenvalue weighted by Crippen LogP contribution is 2.33. The van der Waals surface area contributed by atoms with Crippen molar-refractivity contribution in [3.05, 3.63) is 64.7 Å². The number of anilines is 1. The van der Waals surface area contributed by atoms with Crippen LogP contribution in [0.25, 0.3) is 0 Å². The average Bonchev–Trinajstić information content (AvgIpc) is 2.69. The van der Waals surface area contributed by atoms with Gasteiger partial charge in [-0.2, -0.15) is 0 Å². The van der Waals surface area contributed by atoms with Crippen molar-refractivity contribution in [1.29, 1.82) is 0 Å². The molecule has 0 radical (unpaired) electrons. The molecule has 1 aliphatic rings. The van der Waals surface area contributed by atoms with Crippen LogP contribution in [-0.2, 0) is 11.3 Å². The number of rotatable bonds is 2. The minimum absolute atomic E-state index is 0.0274. The van der Waals surface area contributed by atoms with E-state index in [9.17, 15) is 18.4 Å². The fourth-order valence-corrected chi connectivity index (χ4v) is 2.51. The second-order valence-corrected chi connectivity index (χ2v) is 4.94. The number of nitrogens with zero attached hydrogens (tertiary/aromatic N) is 1. The second-order valence-electron chi connectivity index (χ2n) is 4.94. The molecule has 2 aromatic rings. The third-order valence-electron chi connectivity index (χ3n) is 3.52. The van der Waals surface area contributed by atoms with Crippen molar-refractivity contribution in [1.82, 2.24) is 0 Å². The number of benzene rings is 2. The molecule has 21 heavy (non-hydrogen) atoms. The lowest BCUT2D eigenvalue weighted by molar-refractivity contribution is -0.114. The number of hydrogen-bond acceptors (Lipinski definition) is 2. The maximum atomic E-state index is 13.3. The minimum Gasteiger partial charge on any atom is -0.300 e. The Kier molecular flexibility index (Phi) is 3.05. The van der Waals surface area contributed by atoms with Crippen LogP contribution in [-0.4, -0.2) is 11.7 Å². The number of carbonyl (C=O) groups excluding carboxylic acids is 2. The van der Waals surface area contributed by atoms with E-state index in [0.717, 1.165) is 17.7 Å². The van der Waals surface area contributed by atoms with Gasteiger partial charge in [-0.15, -0.1) is 0 Å². The number of halogens is 2. The van der Waals surface area contributed by atoms with E-state index < -0.39 is 23.3 Å². The summed E-state index contributed by atoms with van der Waals surface area (Å²) in [5.41, 5.74) is 2.10. The fourth-order valence-electron chi connectivity index (χ4n) is 2.51. The SMILES string of the molecule is Cc1cccc2c1N(Cc1ccc(F)c(F)c1)C(=O)C2=O. The van der Waals surface area contributed by atoms with E-state index in [4.69, 9.17) is 0 Å². The third kappa shape index (κ3) is 2.11. The number of hydrogen-bond donors (Lipinski definition) is 0. The van der Waals surface area contributed by atoms with Gasteiger partial charge in [0.1, 0.15) is 0 Å². The molecule has 106 valence electrons. The molecule has 0 bridgehead atoms. The van der Waals surface area contributed by atoms with E-state index in [0.29, 0.717) is 16.8 Å². The number of amides is 1. The molecule has 0 saturated heterocycles. The summed E-state index contributed by atoms with van der Waals surface area (Å²) in [5, 5.41) is 0. The molecule has 0 N–H and O–H groups in total. The predicted molar refractivity (Wildman–Crippen MR) is 73.1 cm³/mol. The molecule has 2 aromatic carbocycles. The number of aryl methyl sites for hydroxylation is 1. The Bertz CT molecular complexity index is 771. The molecule has 0 saturated carbocycles. The normalized spacial score (nSPS) is 13.8. The Morgan fingerprint density at radius 2 is 1.81 bits per heavy atom. The average molecular weight is 287 g/mol. The van der Waals surface area contributed by atoms with Crippen molar-refractivity contribution in [2.45, 2.75) is 13.5 Å². The summed E-state index contributed by atoms with van der Waals surface area (Å²) in [6.07, 6.45) is 0. The van der Waals surface area contributed by atoms with Gasteiger partial charge in [0, 0.05) is 0 Å². The Morgan fingerprint density at radius 1 is 1.05 bits per heavy atom. The quantitative estimate of drug-likeness (QED) is 0.796. The molecule has 3 nitrogen and oxygen atoms in total. The summed E-state index contributed by atoms with van der Waals surface area (Å²) in [7, 11) is 0. The summed E-state index contributed by atoms with van der Waals surface area (Å²) in [6, 6.07) is 8.53. The molecule has 0 aliphatic carbocycles. The van der Waals surface area contributed by atoms with E-state index >= 15 is 0 Å². The van der Waals surface area contributed by atoms with Gasteiger partial charge in [0.05, 0.1) is 17.8 Å². The third-order valence-corrected chi connectivity index (χ3v) is 3.52. The van der Waals surface area contributed by atoms with E-state index in [1.54, 1.807) is 25.1 Å². The van der Waals surface area contributed by atoms with Gasteiger partial charge in [0.15, 0.2) is 11.6 Å². The lowest BCUT2D eigenvalue weighted by Crippen LogP contribution is -2.29. The van der Waals surface area contributed by atoms with E-state index in [2.05, 4.69) is 0 Å². The van der Waals surface area contributed by atoms with Crippen LogP contribution in [0, 0.1) is 18.6 Å². The van der Waals surface area contributed by atoms with Crippen molar-refractivity contribution in [2.75, 3.05) is 4.90 Å². The monoisotopic (exact) mass is 287 g/mol. The first-order valence-corrected chi connectivity index (χ1v) is 6.39. The lowest BCUT2D eigenvalue weighted by atomic mass is 10.1. The lowest BCUT2D eigenvalue weighted by Gasteiger charge is -2.18. The molecule has 0 spiro atoms. The molecule has 1 amide bonds.